The molecule has 128 valence electrons. The summed E-state index contributed by atoms with van der Waals surface area (Å²) in [5.41, 5.74) is 1.02. The van der Waals surface area contributed by atoms with Gasteiger partial charge in [-0.15, -0.1) is 0 Å². The summed E-state index contributed by atoms with van der Waals surface area (Å²) in [5, 5.41) is 5.79. The van der Waals surface area contributed by atoms with Crippen LogP contribution in [0.4, 0.5) is 5.69 Å². The number of carbonyl (C=O) groups is 3. The normalized spacial score (nSPS) is 23.0. The van der Waals surface area contributed by atoms with Gasteiger partial charge >= 0.3 is 0 Å². The van der Waals surface area contributed by atoms with E-state index in [1.165, 1.54) is 11.8 Å². The average molecular weight is 412 g/mol. The molecule has 3 rings (SSSR count). The fourth-order valence-electron chi connectivity index (χ4n) is 3.16. The maximum atomic E-state index is 12.8. The SMILES string of the molecule is CSCC(=O)NC1CCN2C(=O)c3cc(Br)ccc3NC(=O)C2C1. The molecule has 6 nitrogen and oxygen atoms in total. The van der Waals surface area contributed by atoms with E-state index in [4.69, 9.17) is 0 Å². The van der Waals surface area contributed by atoms with Crippen LogP contribution in [0.1, 0.15) is 23.2 Å². The highest BCUT2D eigenvalue weighted by atomic mass is 79.9. The predicted octanol–water partition coefficient (Wildman–Crippen LogP) is 1.85. The minimum atomic E-state index is -0.558. The molecule has 24 heavy (non-hydrogen) atoms. The molecule has 2 aliphatic rings. The maximum Gasteiger partial charge on any atom is 0.256 e. The Hall–Kier alpha value is -1.54. The standard InChI is InChI=1S/C16H18BrN3O3S/c1-24-8-14(21)18-10-4-5-20-13(7-10)15(22)19-12-3-2-9(17)6-11(12)16(20)23/h2-3,6,10,13H,4-5,7-8H2,1H3,(H,18,21)(H,19,22). The number of carbonyl (C=O) groups excluding carboxylic acids is 3. The number of piperidine rings is 1. The first-order valence-electron chi connectivity index (χ1n) is 7.69. The van der Waals surface area contributed by atoms with Gasteiger partial charge < -0.3 is 15.5 Å². The van der Waals surface area contributed by atoms with Crippen molar-refractivity contribution in [3.8, 4) is 0 Å². The van der Waals surface area contributed by atoms with E-state index in [1.54, 1.807) is 23.1 Å². The Balaban J connectivity index is 1.80. The van der Waals surface area contributed by atoms with Crippen LogP contribution in [0.3, 0.4) is 0 Å². The van der Waals surface area contributed by atoms with Crippen LogP contribution in [0.2, 0.25) is 0 Å². The van der Waals surface area contributed by atoms with Gasteiger partial charge in [-0.1, -0.05) is 15.9 Å². The Labute approximate surface area is 152 Å². The lowest BCUT2D eigenvalue weighted by Crippen LogP contribution is -2.55. The second-order valence-electron chi connectivity index (χ2n) is 5.92. The Morgan fingerprint density at radius 3 is 3.00 bits per heavy atom. The molecule has 1 saturated heterocycles. The smallest absolute Gasteiger partial charge is 0.256 e. The number of thioether (sulfide) groups is 1. The zero-order valence-electron chi connectivity index (χ0n) is 13.2. The van der Waals surface area contributed by atoms with Crippen molar-refractivity contribution in [2.75, 3.05) is 23.9 Å². The molecule has 0 aromatic heterocycles. The molecule has 1 aromatic carbocycles. The van der Waals surface area contributed by atoms with Crippen molar-refractivity contribution in [2.24, 2.45) is 0 Å². The number of nitrogens with one attached hydrogen (secondary N) is 2. The number of fused-ring (bicyclic) bond motifs is 2. The summed E-state index contributed by atoms with van der Waals surface area (Å²) in [7, 11) is 0. The molecule has 0 aliphatic carbocycles. The average Bonchev–Trinajstić information content (AvgIpc) is 2.64. The third kappa shape index (κ3) is 3.44. The van der Waals surface area contributed by atoms with Gasteiger partial charge in [-0.2, -0.15) is 11.8 Å². The molecule has 8 heteroatoms. The molecule has 3 amide bonds. The van der Waals surface area contributed by atoms with E-state index in [9.17, 15) is 14.4 Å². The van der Waals surface area contributed by atoms with Gasteiger partial charge in [-0.25, -0.2) is 0 Å². The van der Waals surface area contributed by atoms with Crippen LogP contribution in [0, 0.1) is 0 Å². The summed E-state index contributed by atoms with van der Waals surface area (Å²) < 4.78 is 0.793. The highest BCUT2D eigenvalue weighted by Gasteiger charge is 2.40. The lowest BCUT2D eigenvalue weighted by molar-refractivity contribution is -0.123. The Morgan fingerprint density at radius 1 is 1.46 bits per heavy atom. The highest BCUT2D eigenvalue weighted by molar-refractivity contribution is 9.10. The number of anilines is 1. The second-order valence-corrected chi connectivity index (χ2v) is 7.70. The van der Waals surface area contributed by atoms with Crippen molar-refractivity contribution in [3.05, 3.63) is 28.2 Å². The van der Waals surface area contributed by atoms with Crippen molar-refractivity contribution in [3.63, 3.8) is 0 Å². The number of nitrogens with zero attached hydrogens (tertiary/aromatic N) is 1. The van der Waals surface area contributed by atoms with Crippen LogP contribution in [0.5, 0.6) is 0 Å². The van der Waals surface area contributed by atoms with E-state index < -0.39 is 6.04 Å². The summed E-state index contributed by atoms with van der Waals surface area (Å²) in [5.74, 6) is 0.0143. The second kappa shape index (κ2) is 7.14. The van der Waals surface area contributed by atoms with Crippen LogP contribution in [0.15, 0.2) is 22.7 Å². The Kier molecular flexibility index (Phi) is 5.15. The first-order valence-corrected chi connectivity index (χ1v) is 9.88. The third-order valence-corrected chi connectivity index (χ3v) is 5.32. The van der Waals surface area contributed by atoms with Crippen molar-refractivity contribution in [2.45, 2.75) is 24.9 Å². The maximum absolute atomic E-state index is 12.8. The molecule has 0 saturated carbocycles. The summed E-state index contributed by atoms with van der Waals surface area (Å²) in [6, 6.07) is 4.61. The van der Waals surface area contributed by atoms with Crippen molar-refractivity contribution in [1.29, 1.82) is 0 Å². The molecule has 2 heterocycles. The number of benzene rings is 1. The Bertz CT molecular complexity index is 697. The molecule has 1 aromatic rings. The monoisotopic (exact) mass is 411 g/mol. The van der Waals surface area contributed by atoms with E-state index in [0.29, 0.717) is 36.4 Å². The Morgan fingerprint density at radius 2 is 2.25 bits per heavy atom. The lowest BCUT2D eigenvalue weighted by Gasteiger charge is -2.37. The summed E-state index contributed by atoms with van der Waals surface area (Å²) in [6.45, 7) is 0.451. The van der Waals surface area contributed by atoms with Gasteiger partial charge in [-0.3, -0.25) is 14.4 Å². The van der Waals surface area contributed by atoms with Crippen molar-refractivity contribution >= 4 is 51.1 Å². The van der Waals surface area contributed by atoms with E-state index in [1.807, 2.05) is 6.26 Å². The van der Waals surface area contributed by atoms with Gasteiger partial charge in [0.25, 0.3) is 5.91 Å². The molecule has 1 fully saturated rings. The molecule has 0 spiro atoms. The highest BCUT2D eigenvalue weighted by Crippen LogP contribution is 2.30. The van der Waals surface area contributed by atoms with Crippen molar-refractivity contribution in [1.82, 2.24) is 10.2 Å². The molecule has 2 N–H and O–H groups in total. The molecule has 2 unspecified atom stereocenters. The van der Waals surface area contributed by atoms with Crippen molar-refractivity contribution < 1.29 is 14.4 Å². The number of rotatable bonds is 3. The zero-order chi connectivity index (χ0) is 17.3. The zero-order valence-corrected chi connectivity index (χ0v) is 15.6. The third-order valence-electron chi connectivity index (χ3n) is 4.28. The van der Waals surface area contributed by atoms with Crippen LogP contribution >= 0.6 is 27.7 Å². The van der Waals surface area contributed by atoms with Crippen LogP contribution in [-0.2, 0) is 9.59 Å². The largest absolute Gasteiger partial charge is 0.352 e. The summed E-state index contributed by atoms with van der Waals surface area (Å²) in [4.78, 5) is 38.8. The van der Waals surface area contributed by atoms with Crippen LogP contribution in [-0.4, -0.2) is 53.3 Å². The van der Waals surface area contributed by atoms with E-state index >= 15 is 0 Å². The number of hydrogen-bond acceptors (Lipinski definition) is 4. The number of halogens is 1. The molecular weight excluding hydrogens is 394 g/mol. The summed E-state index contributed by atoms with van der Waals surface area (Å²) in [6.07, 6.45) is 2.96. The first-order chi connectivity index (χ1) is 11.5. The summed E-state index contributed by atoms with van der Waals surface area (Å²) >= 11 is 4.82. The topological polar surface area (TPSA) is 78.5 Å². The molecule has 0 radical (unpaired) electrons. The number of hydrogen-bond donors (Lipinski definition) is 2. The van der Waals surface area contributed by atoms with Gasteiger partial charge in [0.2, 0.25) is 11.8 Å². The predicted molar refractivity (Wildman–Crippen MR) is 97.1 cm³/mol. The molecular formula is C16H18BrN3O3S. The van der Waals surface area contributed by atoms with Crippen LogP contribution < -0.4 is 10.6 Å². The van der Waals surface area contributed by atoms with E-state index in [0.717, 1.165) is 4.47 Å². The van der Waals surface area contributed by atoms with Crippen LogP contribution in [0.25, 0.3) is 0 Å². The quantitative estimate of drug-likeness (QED) is 0.795. The lowest BCUT2D eigenvalue weighted by atomic mass is 9.96. The first kappa shape index (κ1) is 17.3. The van der Waals surface area contributed by atoms with E-state index in [-0.39, 0.29) is 23.8 Å². The minimum Gasteiger partial charge on any atom is -0.352 e. The molecule has 0 bridgehead atoms. The fourth-order valence-corrected chi connectivity index (χ4v) is 3.87. The fraction of sp³-hybridized carbons (Fsp3) is 0.438. The number of amides is 3. The van der Waals surface area contributed by atoms with Gasteiger partial charge in [0.15, 0.2) is 0 Å². The van der Waals surface area contributed by atoms with Gasteiger partial charge in [0, 0.05) is 17.1 Å². The van der Waals surface area contributed by atoms with Gasteiger partial charge in [0.05, 0.1) is 17.0 Å². The van der Waals surface area contributed by atoms with E-state index in [2.05, 4.69) is 26.6 Å². The van der Waals surface area contributed by atoms with Gasteiger partial charge in [0.1, 0.15) is 6.04 Å². The molecule has 2 atom stereocenters. The minimum absolute atomic E-state index is 0.0338. The molecule has 2 aliphatic heterocycles. The van der Waals surface area contributed by atoms with Gasteiger partial charge in [-0.05, 0) is 37.3 Å².